The maximum Gasteiger partial charge on any atom is 0.241 e. The molecule has 8 heteroatoms. The number of nitrogens with zero attached hydrogens (tertiary/aromatic N) is 1. The summed E-state index contributed by atoms with van der Waals surface area (Å²) >= 11 is 1.45. The Morgan fingerprint density at radius 1 is 1.20 bits per heavy atom. The minimum atomic E-state index is -3.72. The van der Waals surface area contributed by atoms with Crippen molar-refractivity contribution in [1.29, 1.82) is 0 Å². The number of benzene rings is 2. The number of aromatic nitrogens is 1. The lowest BCUT2D eigenvalue weighted by atomic mass is 10.2. The molecule has 1 amide bonds. The van der Waals surface area contributed by atoms with Crippen molar-refractivity contribution in [3.63, 3.8) is 0 Å². The van der Waals surface area contributed by atoms with Crippen LogP contribution in [0.5, 0.6) is 0 Å². The molecule has 0 atom stereocenters. The predicted octanol–water partition coefficient (Wildman–Crippen LogP) is 3.04. The second-order valence-corrected chi connectivity index (χ2v) is 8.41. The zero-order chi connectivity index (χ0) is 18.0. The Balaban J connectivity index is 1.82. The van der Waals surface area contributed by atoms with Crippen molar-refractivity contribution in [1.82, 2.24) is 9.71 Å². The first-order chi connectivity index (χ1) is 11.8. The van der Waals surface area contributed by atoms with Crippen LogP contribution in [0.25, 0.3) is 10.2 Å². The van der Waals surface area contributed by atoms with E-state index in [0.717, 1.165) is 10.2 Å². The van der Waals surface area contributed by atoms with Gasteiger partial charge >= 0.3 is 0 Å². The zero-order valence-electron chi connectivity index (χ0n) is 13.7. The van der Waals surface area contributed by atoms with Crippen molar-refractivity contribution in [3.8, 4) is 0 Å². The molecule has 0 fully saturated rings. The molecule has 0 aliphatic carbocycles. The van der Waals surface area contributed by atoms with Crippen LogP contribution in [0.3, 0.4) is 0 Å². The van der Waals surface area contributed by atoms with E-state index in [9.17, 15) is 13.2 Å². The molecule has 0 aliphatic rings. The number of fused-ring (bicyclic) bond motifs is 1. The fraction of sp³-hybridized carbons (Fsp3) is 0.176. The van der Waals surface area contributed by atoms with Crippen LogP contribution < -0.4 is 10.0 Å². The van der Waals surface area contributed by atoms with E-state index < -0.39 is 10.0 Å². The summed E-state index contributed by atoms with van der Waals surface area (Å²) in [4.78, 5) is 15.7. The first-order valence-corrected chi connectivity index (χ1v) is 9.87. The number of aryl methyl sites for hydroxylation is 1. The van der Waals surface area contributed by atoms with Gasteiger partial charge in [0.05, 0.1) is 21.7 Å². The molecule has 6 nitrogen and oxygen atoms in total. The largest absolute Gasteiger partial charge is 0.326 e. The highest BCUT2D eigenvalue weighted by Crippen LogP contribution is 2.23. The highest BCUT2D eigenvalue weighted by molar-refractivity contribution is 7.89. The smallest absolute Gasteiger partial charge is 0.241 e. The van der Waals surface area contributed by atoms with Crippen molar-refractivity contribution in [2.75, 3.05) is 5.32 Å². The summed E-state index contributed by atoms with van der Waals surface area (Å²) < 4.78 is 28.9. The molecule has 0 bridgehead atoms. The fourth-order valence-corrected chi connectivity index (χ4v) is 4.66. The lowest BCUT2D eigenvalue weighted by Gasteiger charge is -2.10. The van der Waals surface area contributed by atoms with Gasteiger partial charge in [0.15, 0.2) is 0 Å². The maximum atomic E-state index is 12.6. The van der Waals surface area contributed by atoms with E-state index >= 15 is 0 Å². The van der Waals surface area contributed by atoms with Gasteiger partial charge in [0, 0.05) is 12.6 Å². The van der Waals surface area contributed by atoms with E-state index in [-0.39, 0.29) is 17.3 Å². The van der Waals surface area contributed by atoms with Crippen LogP contribution in [-0.2, 0) is 21.4 Å². The number of hydrogen-bond donors (Lipinski definition) is 2. The van der Waals surface area contributed by atoms with Crippen LogP contribution in [0.15, 0.2) is 47.4 Å². The summed E-state index contributed by atoms with van der Waals surface area (Å²) in [5, 5.41) is 3.29. The topological polar surface area (TPSA) is 88.2 Å². The number of para-hydroxylation sites is 1. The first kappa shape index (κ1) is 17.5. The third-order valence-corrected chi connectivity index (χ3v) is 6.13. The van der Waals surface area contributed by atoms with Gasteiger partial charge in [-0.2, -0.15) is 0 Å². The number of sulfonamides is 1. The van der Waals surface area contributed by atoms with Crippen molar-refractivity contribution in [3.05, 3.63) is 53.0 Å². The summed E-state index contributed by atoms with van der Waals surface area (Å²) in [7, 11) is -3.72. The van der Waals surface area contributed by atoms with Gasteiger partial charge in [0.2, 0.25) is 15.9 Å². The Bertz CT molecular complexity index is 1010. The molecule has 25 heavy (non-hydrogen) atoms. The molecule has 130 valence electrons. The van der Waals surface area contributed by atoms with Gasteiger partial charge in [-0.3, -0.25) is 4.79 Å². The number of amides is 1. The molecular formula is C17H17N3O3S2. The Hall–Kier alpha value is -2.29. The second kappa shape index (κ2) is 6.91. The minimum Gasteiger partial charge on any atom is -0.326 e. The van der Waals surface area contributed by atoms with Crippen LogP contribution in [0.2, 0.25) is 0 Å². The summed E-state index contributed by atoms with van der Waals surface area (Å²) in [5.41, 5.74) is 1.90. The average molecular weight is 375 g/mol. The predicted molar refractivity (Wildman–Crippen MR) is 99.1 cm³/mol. The number of carbonyl (C=O) groups excluding carboxylic acids is 1. The summed E-state index contributed by atoms with van der Waals surface area (Å²) in [6, 6.07) is 12.5. The molecule has 1 aromatic heterocycles. The number of rotatable bonds is 5. The molecule has 0 unspecified atom stereocenters. The van der Waals surface area contributed by atoms with Gasteiger partial charge in [-0.25, -0.2) is 18.1 Å². The third-order valence-electron chi connectivity index (χ3n) is 3.55. The summed E-state index contributed by atoms with van der Waals surface area (Å²) in [5.74, 6) is -0.255. The fourth-order valence-electron chi connectivity index (χ4n) is 2.40. The van der Waals surface area contributed by atoms with Gasteiger partial charge in [0.25, 0.3) is 0 Å². The number of anilines is 1. The molecule has 1 heterocycles. The van der Waals surface area contributed by atoms with Crippen LogP contribution in [0.4, 0.5) is 5.69 Å². The molecule has 0 radical (unpaired) electrons. The van der Waals surface area contributed by atoms with Crippen molar-refractivity contribution < 1.29 is 13.2 Å². The highest BCUT2D eigenvalue weighted by atomic mass is 32.2. The minimum absolute atomic E-state index is 0.117. The standard InChI is InChI=1S/C17H17N3O3S2/c1-11-7-8-13(19-12(2)21)9-16(11)25(22,23)18-10-17-20-14-5-3-4-6-15(14)24-17/h3-9,18H,10H2,1-2H3,(H,19,21). The lowest BCUT2D eigenvalue weighted by Crippen LogP contribution is -2.24. The Kier molecular flexibility index (Phi) is 4.85. The monoisotopic (exact) mass is 375 g/mol. The first-order valence-electron chi connectivity index (χ1n) is 7.57. The lowest BCUT2D eigenvalue weighted by molar-refractivity contribution is -0.114. The summed E-state index contributed by atoms with van der Waals surface area (Å²) in [6.45, 7) is 3.20. The van der Waals surface area contributed by atoms with Crippen LogP contribution in [-0.4, -0.2) is 19.3 Å². The van der Waals surface area contributed by atoms with E-state index in [1.165, 1.54) is 24.3 Å². The summed E-state index contributed by atoms with van der Waals surface area (Å²) in [6.07, 6.45) is 0. The molecule has 3 aromatic rings. The van der Waals surface area contributed by atoms with Crippen LogP contribution >= 0.6 is 11.3 Å². The number of thiazole rings is 1. The van der Waals surface area contributed by atoms with E-state index in [2.05, 4.69) is 15.0 Å². The number of nitrogens with one attached hydrogen (secondary N) is 2. The van der Waals surface area contributed by atoms with Crippen molar-refractivity contribution in [2.45, 2.75) is 25.3 Å². The van der Waals surface area contributed by atoms with Gasteiger partial charge in [-0.15, -0.1) is 11.3 Å². The molecule has 3 rings (SSSR count). The maximum absolute atomic E-state index is 12.6. The molecular weight excluding hydrogens is 358 g/mol. The van der Waals surface area contributed by atoms with Crippen LogP contribution in [0, 0.1) is 6.92 Å². The Morgan fingerprint density at radius 2 is 1.96 bits per heavy atom. The molecule has 2 N–H and O–H groups in total. The van der Waals surface area contributed by atoms with Gasteiger partial charge in [0.1, 0.15) is 5.01 Å². The highest BCUT2D eigenvalue weighted by Gasteiger charge is 2.18. The molecule has 0 saturated carbocycles. The van der Waals surface area contributed by atoms with E-state index in [1.807, 2.05) is 24.3 Å². The number of hydrogen-bond acceptors (Lipinski definition) is 5. The molecule has 0 spiro atoms. The molecule has 2 aromatic carbocycles. The van der Waals surface area contributed by atoms with Gasteiger partial charge in [-0.05, 0) is 36.8 Å². The van der Waals surface area contributed by atoms with Gasteiger partial charge < -0.3 is 5.32 Å². The SMILES string of the molecule is CC(=O)Nc1ccc(C)c(S(=O)(=O)NCc2nc3ccccc3s2)c1. The van der Waals surface area contributed by atoms with Crippen LogP contribution in [0.1, 0.15) is 17.5 Å². The second-order valence-electron chi connectivity index (χ2n) is 5.56. The zero-order valence-corrected chi connectivity index (χ0v) is 15.4. The molecule has 0 saturated heterocycles. The quantitative estimate of drug-likeness (QED) is 0.717. The van der Waals surface area contributed by atoms with E-state index in [0.29, 0.717) is 16.3 Å². The van der Waals surface area contributed by atoms with E-state index in [1.54, 1.807) is 19.1 Å². The van der Waals surface area contributed by atoms with Crippen molar-refractivity contribution >= 4 is 43.2 Å². The van der Waals surface area contributed by atoms with Crippen molar-refractivity contribution in [2.24, 2.45) is 0 Å². The Labute approximate surface area is 150 Å². The average Bonchev–Trinajstić information content (AvgIpc) is 2.97. The van der Waals surface area contributed by atoms with E-state index in [4.69, 9.17) is 0 Å². The Morgan fingerprint density at radius 3 is 2.68 bits per heavy atom. The van der Waals surface area contributed by atoms with Gasteiger partial charge in [-0.1, -0.05) is 18.2 Å². The molecule has 0 aliphatic heterocycles. The normalized spacial score (nSPS) is 11.6. The third kappa shape index (κ3) is 4.04. The number of carbonyl (C=O) groups is 1.